The summed E-state index contributed by atoms with van der Waals surface area (Å²) in [5.74, 6) is 0.792. The number of hydrogen-bond donors (Lipinski definition) is 0. The molecule has 0 aliphatic heterocycles. The highest BCUT2D eigenvalue weighted by Crippen LogP contribution is 2.31. The van der Waals surface area contributed by atoms with Crippen LogP contribution in [0.5, 0.6) is 11.5 Å². The number of hydrogen-bond acceptors (Lipinski definition) is 4. The van der Waals surface area contributed by atoms with Crippen molar-refractivity contribution in [2.45, 2.75) is 12.8 Å². The lowest BCUT2D eigenvalue weighted by atomic mass is 10.1. The number of amides is 1. The number of Topliss-reactive ketones (excluding diaryl/α,β-unsaturated/α-hetero) is 1. The van der Waals surface area contributed by atoms with Crippen LogP contribution in [0.25, 0.3) is 0 Å². The number of rotatable bonds is 7. The smallest absolute Gasteiger partial charge is 0.227 e. The van der Waals surface area contributed by atoms with Gasteiger partial charge >= 0.3 is 0 Å². The summed E-state index contributed by atoms with van der Waals surface area (Å²) in [4.78, 5) is 26.1. The fraction of sp³-hybridized carbons (Fsp3) is 0.263. The summed E-state index contributed by atoms with van der Waals surface area (Å²) in [5, 5.41) is 0.396. The van der Waals surface area contributed by atoms with Crippen LogP contribution in [-0.2, 0) is 4.79 Å². The first kappa shape index (κ1) is 18.8. The van der Waals surface area contributed by atoms with Crippen LogP contribution in [0.3, 0.4) is 0 Å². The van der Waals surface area contributed by atoms with Crippen LogP contribution in [-0.4, -0.2) is 33.0 Å². The Labute approximate surface area is 152 Å². The van der Waals surface area contributed by atoms with Gasteiger partial charge in [0.2, 0.25) is 5.91 Å². The van der Waals surface area contributed by atoms with E-state index in [1.807, 2.05) is 0 Å². The van der Waals surface area contributed by atoms with Crippen molar-refractivity contribution in [3.63, 3.8) is 0 Å². The molecule has 0 aliphatic carbocycles. The van der Waals surface area contributed by atoms with Crippen LogP contribution in [0, 0.1) is 0 Å². The monoisotopic (exact) mass is 361 g/mol. The van der Waals surface area contributed by atoms with Crippen molar-refractivity contribution in [2.75, 3.05) is 26.2 Å². The summed E-state index contributed by atoms with van der Waals surface area (Å²) in [6, 6.07) is 12.0. The first-order chi connectivity index (χ1) is 12.0. The molecule has 2 rings (SSSR count). The molecule has 6 heteroatoms. The third kappa shape index (κ3) is 4.51. The van der Waals surface area contributed by atoms with Crippen molar-refractivity contribution < 1.29 is 19.1 Å². The summed E-state index contributed by atoms with van der Waals surface area (Å²) in [5.41, 5.74) is 1.10. The summed E-state index contributed by atoms with van der Waals surface area (Å²) >= 11 is 6.01. The molecule has 2 aromatic carbocycles. The van der Waals surface area contributed by atoms with Crippen LogP contribution in [0.4, 0.5) is 5.69 Å². The number of anilines is 1. The molecule has 0 saturated carbocycles. The van der Waals surface area contributed by atoms with Crippen molar-refractivity contribution in [2.24, 2.45) is 0 Å². The first-order valence-electron chi connectivity index (χ1n) is 7.74. The van der Waals surface area contributed by atoms with Gasteiger partial charge in [0.05, 0.1) is 19.2 Å². The number of ketones is 1. The molecule has 0 saturated heterocycles. The number of carbonyl (C=O) groups excluding carboxylic acids is 2. The third-order valence-corrected chi connectivity index (χ3v) is 4.20. The molecule has 132 valence electrons. The molecule has 0 aliphatic rings. The second-order valence-corrected chi connectivity index (χ2v) is 5.80. The summed E-state index contributed by atoms with van der Waals surface area (Å²) < 4.78 is 10.4. The van der Waals surface area contributed by atoms with E-state index in [9.17, 15) is 9.59 Å². The van der Waals surface area contributed by atoms with Gasteiger partial charge in [0.15, 0.2) is 17.3 Å². The molecule has 1 amide bonds. The standard InChI is InChI=1S/C19H20ClNO4/c1-21(13-8-10-17(24-2)18(12-13)25-3)19(23)11-9-16(22)14-6-4-5-7-15(14)20/h4-8,10,12H,9,11H2,1-3H3. The van der Waals surface area contributed by atoms with E-state index in [0.29, 0.717) is 27.8 Å². The number of benzene rings is 2. The molecular formula is C19H20ClNO4. The molecule has 0 N–H and O–H groups in total. The molecule has 0 radical (unpaired) electrons. The van der Waals surface area contributed by atoms with Crippen molar-refractivity contribution in [3.05, 3.63) is 53.1 Å². The minimum atomic E-state index is -0.173. The van der Waals surface area contributed by atoms with Gasteiger partial charge in [0.25, 0.3) is 0 Å². The molecule has 0 spiro atoms. The molecule has 0 heterocycles. The predicted octanol–water partition coefficient (Wildman–Crippen LogP) is 3.98. The van der Waals surface area contributed by atoms with Gasteiger partial charge in [-0.15, -0.1) is 0 Å². The van der Waals surface area contributed by atoms with Crippen LogP contribution >= 0.6 is 11.6 Å². The van der Waals surface area contributed by atoms with Gasteiger partial charge in [-0.2, -0.15) is 0 Å². The largest absolute Gasteiger partial charge is 0.493 e. The molecule has 25 heavy (non-hydrogen) atoms. The zero-order chi connectivity index (χ0) is 18.4. The van der Waals surface area contributed by atoms with Crippen molar-refractivity contribution in [1.29, 1.82) is 0 Å². The second-order valence-electron chi connectivity index (χ2n) is 5.40. The van der Waals surface area contributed by atoms with E-state index in [-0.39, 0.29) is 24.5 Å². The first-order valence-corrected chi connectivity index (χ1v) is 8.12. The Morgan fingerprint density at radius 1 is 1.00 bits per heavy atom. The SMILES string of the molecule is COc1ccc(N(C)C(=O)CCC(=O)c2ccccc2Cl)cc1OC. The number of ether oxygens (including phenoxy) is 2. The van der Waals surface area contributed by atoms with Gasteiger partial charge in [-0.25, -0.2) is 0 Å². The van der Waals surface area contributed by atoms with Gasteiger partial charge in [-0.1, -0.05) is 23.7 Å². The number of methoxy groups -OCH3 is 2. The lowest BCUT2D eigenvalue weighted by molar-refractivity contribution is -0.118. The molecule has 5 nitrogen and oxygen atoms in total. The fourth-order valence-corrected chi connectivity index (χ4v) is 2.63. The maximum absolute atomic E-state index is 12.4. The molecule has 0 fully saturated rings. The zero-order valence-corrected chi connectivity index (χ0v) is 15.2. The maximum atomic E-state index is 12.4. The summed E-state index contributed by atoms with van der Waals surface area (Å²) in [6.45, 7) is 0. The quantitative estimate of drug-likeness (QED) is 0.700. The van der Waals surface area contributed by atoms with Gasteiger partial charge in [-0.3, -0.25) is 9.59 Å². The predicted molar refractivity (Wildman–Crippen MR) is 98.0 cm³/mol. The minimum absolute atomic E-state index is 0.0922. The van der Waals surface area contributed by atoms with Gasteiger partial charge < -0.3 is 14.4 Å². The van der Waals surface area contributed by atoms with Crippen LogP contribution in [0.1, 0.15) is 23.2 Å². The Bertz CT molecular complexity index is 776. The molecule has 0 atom stereocenters. The Balaban J connectivity index is 2.03. The van der Waals surface area contributed by atoms with Crippen LogP contribution < -0.4 is 14.4 Å². The van der Waals surface area contributed by atoms with E-state index in [0.717, 1.165) is 0 Å². The molecular weight excluding hydrogens is 342 g/mol. The van der Waals surface area contributed by atoms with Crippen molar-refractivity contribution in [3.8, 4) is 11.5 Å². The van der Waals surface area contributed by atoms with E-state index >= 15 is 0 Å². The Kier molecular flexibility index (Phi) is 6.42. The van der Waals surface area contributed by atoms with Crippen molar-refractivity contribution in [1.82, 2.24) is 0 Å². The van der Waals surface area contributed by atoms with Gasteiger partial charge in [-0.05, 0) is 24.3 Å². The highest BCUT2D eigenvalue weighted by molar-refractivity contribution is 6.34. The summed E-state index contributed by atoms with van der Waals surface area (Å²) in [7, 11) is 4.74. The fourth-order valence-electron chi connectivity index (χ4n) is 2.39. The van der Waals surface area contributed by atoms with E-state index in [1.54, 1.807) is 56.6 Å². The lowest BCUT2D eigenvalue weighted by Gasteiger charge is -2.19. The molecule has 0 unspecified atom stereocenters. The van der Waals surface area contributed by atoms with Crippen molar-refractivity contribution >= 4 is 29.0 Å². The van der Waals surface area contributed by atoms with Crippen LogP contribution in [0.2, 0.25) is 5.02 Å². The van der Waals surface area contributed by atoms with Gasteiger partial charge in [0, 0.05) is 37.2 Å². The average Bonchev–Trinajstić information content (AvgIpc) is 2.64. The Morgan fingerprint density at radius 3 is 2.32 bits per heavy atom. The highest BCUT2D eigenvalue weighted by Gasteiger charge is 2.17. The number of carbonyl (C=O) groups is 2. The lowest BCUT2D eigenvalue weighted by Crippen LogP contribution is -2.26. The molecule has 0 bridgehead atoms. The molecule has 2 aromatic rings. The topological polar surface area (TPSA) is 55.8 Å². The summed E-state index contributed by atoms with van der Waals surface area (Å²) in [6.07, 6.45) is 0.190. The van der Waals surface area contributed by atoms with E-state index in [4.69, 9.17) is 21.1 Å². The Hall–Kier alpha value is -2.53. The Morgan fingerprint density at radius 2 is 1.68 bits per heavy atom. The third-order valence-electron chi connectivity index (χ3n) is 3.87. The molecule has 0 aromatic heterocycles. The highest BCUT2D eigenvalue weighted by atomic mass is 35.5. The van der Waals surface area contributed by atoms with E-state index in [2.05, 4.69) is 0 Å². The number of nitrogens with zero attached hydrogens (tertiary/aromatic N) is 1. The number of halogens is 1. The second kappa shape index (κ2) is 8.53. The average molecular weight is 362 g/mol. The zero-order valence-electron chi connectivity index (χ0n) is 14.4. The van der Waals surface area contributed by atoms with Gasteiger partial charge in [0.1, 0.15) is 0 Å². The normalized spacial score (nSPS) is 10.2. The van der Waals surface area contributed by atoms with Crippen LogP contribution in [0.15, 0.2) is 42.5 Å². The van der Waals surface area contributed by atoms with E-state index in [1.165, 1.54) is 12.0 Å². The minimum Gasteiger partial charge on any atom is -0.493 e. The van der Waals surface area contributed by atoms with E-state index < -0.39 is 0 Å². The maximum Gasteiger partial charge on any atom is 0.227 e.